The summed E-state index contributed by atoms with van der Waals surface area (Å²) in [6.45, 7) is 5.94. The van der Waals surface area contributed by atoms with Crippen LogP contribution in [0.1, 0.15) is 52.4 Å². The zero-order valence-corrected chi connectivity index (χ0v) is 13.5. The Kier molecular flexibility index (Phi) is 5.75. The van der Waals surface area contributed by atoms with Crippen LogP contribution in [0.4, 0.5) is 0 Å². The summed E-state index contributed by atoms with van der Waals surface area (Å²) in [7, 11) is 0. The van der Waals surface area contributed by atoms with E-state index < -0.39 is 5.54 Å². The lowest BCUT2D eigenvalue weighted by molar-refractivity contribution is -0.126. The molecule has 2 aliphatic rings. The highest BCUT2D eigenvalue weighted by Crippen LogP contribution is 2.39. The highest BCUT2D eigenvalue weighted by molar-refractivity contribution is 8.00. The van der Waals surface area contributed by atoms with Crippen LogP contribution in [0.5, 0.6) is 0 Å². The van der Waals surface area contributed by atoms with E-state index >= 15 is 0 Å². The predicted molar refractivity (Wildman–Crippen MR) is 83.9 cm³/mol. The van der Waals surface area contributed by atoms with E-state index in [9.17, 15) is 4.79 Å². The van der Waals surface area contributed by atoms with Crippen LogP contribution < -0.4 is 11.1 Å². The van der Waals surface area contributed by atoms with E-state index in [0.29, 0.717) is 10.5 Å². The van der Waals surface area contributed by atoms with Crippen LogP contribution in [0.15, 0.2) is 0 Å². The molecule has 1 heterocycles. The number of nitrogens with one attached hydrogen (secondary N) is 1. The first kappa shape index (κ1) is 16.1. The van der Waals surface area contributed by atoms with E-state index in [1.807, 2.05) is 0 Å². The molecule has 2 rings (SSSR count). The second-order valence-electron chi connectivity index (χ2n) is 6.41. The fourth-order valence-electron chi connectivity index (χ4n) is 3.40. The van der Waals surface area contributed by atoms with Gasteiger partial charge in [0.05, 0.1) is 5.54 Å². The first-order valence-corrected chi connectivity index (χ1v) is 8.77. The van der Waals surface area contributed by atoms with Gasteiger partial charge in [-0.3, -0.25) is 4.79 Å². The molecule has 1 aliphatic carbocycles. The molecule has 0 radical (unpaired) electrons. The van der Waals surface area contributed by atoms with E-state index in [1.54, 1.807) is 0 Å². The molecule has 0 aromatic heterocycles. The molecule has 1 amide bonds. The minimum atomic E-state index is -0.491. The number of hydrogen-bond acceptors (Lipinski definition) is 4. The molecule has 1 saturated heterocycles. The topological polar surface area (TPSA) is 64.3 Å². The van der Waals surface area contributed by atoms with Gasteiger partial charge in [0.25, 0.3) is 0 Å². The second-order valence-corrected chi connectivity index (χ2v) is 8.02. The lowest BCUT2D eigenvalue weighted by Crippen LogP contribution is -2.60. The number of carbonyl (C=O) groups is 1. The molecule has 116 valence electrons. The van der Waals surface area contributed by atoms with Gasteiger partial charge in [0.2, 0.25) is 5.91 Å². The maximum atomic E-state index is 12.0. The quantitative estimate of drug-likeness (QED) is 0.816. The van der Waals surface area contributed by atoms with Gasteiger partial charge in [-0.2, -0.15) is 11.8 Å². The average molecular weight is 300 g/mol. The number of carbonyl (C=O) groups excluding carboxylic acids is 1. The molecule has 0 bridgehead atoms. The van der Waals surface area contributed by atoms with Gasteiger partial charge in [0.15, 0.2) is 0 Å². The first-order chi connectivity index (χ1) is 9.52. The molecule has 1 aliphatic heterocycles. The Bertz CT molecular complexity index is 332. The van der Waals surface area contributed by atoms with Crippen LogP contribution >= 0.6 is 11.8 Å². The van der Waals surface area contributed by atoms with Crippen LogP contribution in [0, 0.1) is 0 Å². The Morgan fingerprint density at radius 3 is 2.60 bits per heavy atom. The molecule has 1 saturated carbocycles. The number of thioether (sulfide) groups is 1. The molecule has 2 atom stereocenters. The van der Waals surface area contributed by atoms with Crippen LogP contribution in [0.2, 0.25) is 0 Å². The van der Waals surface area contributed by atoms with Gasteiger partial charge in [0, 0.05) is 29.8 Å². The van der Waals surface area contributed by atoms with Crippen LogP contribution in [-0.4, -0.2) is 41.2 Å². The highest BCUT2D eigenvalue weighted by Gasteiger charge is 2.42. The number of hydrogen-bond donors (Lipinski definition) is 2. The van der Waals surface area contributed by atoms with E-state index in [1.165, 1.54) is 6.42 Å². The van der Waals surface area contributed by atoms with E-state index in [4.69, 9.17) is 10.5 Å². The Hall–Kier alpha value is -0.260. The van der Waals surface area contributed by atoms with Crippen LogP contribution in [0.25, 0.3) is 0 Å². The number of ether oxygens (including phenoxy) is 1. The Morgan fingerprint density at radius 1 is 1.30 bits per heavy atom. The minimum absolute atomic E-state index is 0.177. The maximum absolute atomic E-state index is 12.0. The smallest absolute Gasteiger partial charge is 0.237 e. The summed E-state index contributed by atoms with van der Waals surface area (Å²) in [6.07, 6.45) is 6.33. The van der Waals surface area contributed by atoms with Crippen molar-refractivity contribution in [2.45, 2.75) is 74.5 Å². The third-order valence-electron chi connectivity index (χ3n) is 4.30. The van der Waals surface area contributed by atoms with Gasteiger partial charge in [0.1, 0.15) is 0 Å². The van der Waals surface area contributed by atoms with Gasteiger partial charge in [-0.25, -0.2) is 0 Å². The average Bonchev–Trinajstić information content (AvgIpc) is 2.39. The van der Waals surface area contributed by atoms with E-state index in [-0.39, 0.29) is 11.9 Å². The number of nitrogens with two attached hydrogens (primary N) is 1. The summed E-state index contributed by atoms with van der Waals surface area (Å²) in [5.74, 6) is -0.177. The fraction of sp³-hybridized carbons (Fsp3) is 0.933. The highest BCUT2D eigenvalue weighted by atomic mass is 32.2. The van der Waals surface area contributed by atoms with Gasteiger partial charge in [-0.1, -0.05) is 0 Å². The SMILES string of the molecule is CC(C)NC1(C(N)=O)CCCC(SC2CCOCC2)C1. The van der Waals surface area contributed by atoms with Gasteiger partial charge >= 0.3 is 0 Å². The van der Waals surface area contributed by atoms with Crippen molar-refractivity contribution >= 4 is 17.7 Å². The lowest BCUT2D eigenvalue weighted by atomic mass is 9.80. The molecule has 20 heavy (non-hydrogen) atoms. The number of primary amides is 1. The molecule has 0 aromatic carbocycles. The Labute approximate surface area is 126 Å². The molecular formula is C15H28N2O2S. The Balaban J connectivity index is 1.96. The van der Waals surface area contributed by atoms with Gasteiger partial charge in [-0.15, -0.1) is 0 Å². The number of amides is 1. The van der Waals surface area contributed by atoms with E-state index in [0.717, 1.165) is 45.3 Å². The van der Waals surface area contributed by atoms with Crippen molar-refractivity contribution in [1.29, 1.82) is 0 Å². The van der Waals surface area contributed by atoms with Crippen molar-refractivity contribution < 1.29 is 9.53 Å². The first-order valence-electron chi connectivity index (χ1n) is 7.83. The third kappa shape index (κ3) is 4.12. The summed E-state index contributed by atoms with van der Waals surface area (Å²) >= 11 is 2.06. The molecule has 5 heteroatoms. The van der Waals surface area contributed by atoms with Crippen LogP contribution in [-0.2, 0) is 9.53 Å². The van der Waals surface area contributed by atoms with Crippen molar-refractivity contribution in [2.24, 2.45) is 5.73 Å². The third-order valence-corrected chi connectivity index (χ3v) is 5.94. The summed E-state index contributed by atoms with van der Waals surface area (Å²) in [6, 6.07) is 0.286. The summed E-state index contributed by atoms with van der Waals surface area (Å²) in [5.41, 5.74) is 5.22. The van der Waals surface area contributed by atoms with E-state index in [2.05, 4.69) is 30.9 Å². The second kappa shape index (κ2) is 7.14. The van der Waals surface area contributed by atoms with Crippen molar-refractivity contribution in [2.75, 3.05) is 13.2 Å². The largest absolute Gasteiger partial charge is 0.381 e. The normalized spacial score (nSPS) is 32.5. The molecular weight excluding hydrogens is 272 g/mol. The summed E-state index contributed by atoms with van der Waals surface area (Å²) < 4.78 is 5.42. The lowest BCUT2D eigenvalue weighted by Gasteiger charge is -2.41. The molecule has 3 N–H and O–H groups in total. The van der Waals surface area contributed by atoms with Crippen molar-refractivity contribution in [3.8, 4) is 0 Å². The summed E-state index contributed by atoms with van der Waals surface area (Å²) in [5, 5.41) is 4.69. The molecule has 2 unspecified atom stereocenters. The predicted octanol–water partition coefficient (Wildman–Crippen LogP) is 2.06. The van der Waals surface area contributed by atoms with Crippen molar-refractivity contribution in [3.05, 3.63) is 0 Å². The Morgan fingerprint density at radius 2 is 2.00 bits per heavy atom. The molecule has 0 spiro atoms. The monoisotopic (exact) mass is 300 g/mol. The van der Waals surface area contributed by atoms with Crippen LogP contribution in [0.3, 0.4) is 0 Å². The molecule has 2 fully saturated rings. The van der Waals surface area contributed by atoms with Gasteiger partial charge in [-0.05, 0) is 52.4 Å². The van der Waals surface area contributed by atoms with Gasteiger partial charge < -0.3 is 15.8 Å². The maximum Gasteiger partial charge on any atom is 0.237 e. The fourth-order valence-corrected chi connectivity index (χ4v) is 5.10. The van der Waals surface area contributed by atoms with Crippen molar-refractivity contribution in [3.63, 3.8) is 0 Å². The van der Waals surface area contributed by atoms with Crippen molar-refractivity contribution in [1.82, 2.24) is 5.32 Å². The summed E-state index contributed by atoms with van der Waals surface area (Å²) in [4.78, 5) is 12.0. The minimum Gasteiger partial charge on any atom is -0.381 e. The number of rotatable bonds is 5. The molecule has 4 nitrogen and oxygen atoms in total. The zero-order chi connectivity index (χ0) is 14.6. The standard InChI is InChI=1S/C15H28N2O2S/c1-11(2)17-15(14(16)18)7-3-4-13(10-15)20-12-5-8-19-9-6-12/h11-13,17H,3-10H2,1-2H3,(H2,16,18). The molecule has 0 aromatic rings. The zero-order valence-electron chi connectivity index (χ0n) is 12.7.